The van der Waals surface area contributed by atoms with E-state index in [0.29, 0.717) is 30.5 Å². The second-order valence-electron chi connectivity index (χ2n) is 5.86. The van der Waals surface area contributed by atoms with E-state index in [1.807, 2.05) is 49.4 Å². The summed E-state index contributed by atoms with van der Waals surface area (Å²) in [5.74, 6) is 1.15. The van der Waals surface area contributed by atoms with E-state index < -0.39 is 0 Å². The third kappa shape index (κ3) is 7.55. The van der Waals surface area contributed by atoms with Crippen molar-refractivity contribution in [3.8, 4) is 5.75 Å². The Hall–Kier alpha value is -2.00. The molecule has 6 nitrogen and oxygen atoms in total. The summed E-state index contributed by atoms with van der Waals surface area (Å²) in [4.78, 5) is 16.0. The molecule has 0 aliphatic carbocycles. The van der Waals surface area contributed by atoms with E-state index in [0.717, 1.165) is 22.7 Å². The number of nitrogens with one attached hydrogen (secondary N) is 3. The van der Waals surface area contributed by atoms with Crippen molar-refractivity contribution >= 4 is 53.1 Å². The number of hydrogen-bond donors (Lipinski definition) is 3. The van der Waals surface area contributed by atoms with E-state index in [1.54, 1.807) is 7.11 Å². The van der Waals surface area contributed by atoms with Crippen LogP contribution in [-0.2, 0) is 17.9 Å². The fourth-order valence-corrected chi connectivity index (χ4v) is 2.68. The summed E-state index contributed by atoms with van der Waals surface area (Å²) in [5.41, 5.74) is 2.59. The molecule has 0 fully saturated rings. The van der Waals surface area contributed by atoms with E-state index in [-0.39, 0.29) is 29.9 Å². The largest absolute Gasteiger partial charge is 0.495 e. The number of ether oxygens (including phenoxy) is 1. The second kappa shape index (κ2) is 12.5. The first-order valence-corrected chi connectivity index (χ1v) is 9.11. The number of nitrogens with zero attached hydrogens (tertiary/aromatic N) is 1. The fraction of sp³-hybridized carbons (Fsp3) is 0.300. The number of hydrogen-bond acceptors (Lipinski definition) is 3. The van der Waals surface area contributed by atoms with Gasteiger partial charge in [-0.2, -0.15) is 0 Å². The lowest BCUT2D eigenvalue weighted by Crippen LogP contribution is -2.36. The van der Waals surface area contributed by atoms with Gasteiger partial charge in [-0.3, -0.25) is 4.79 Å². The lowest BCUT2D eigenvalue weighted by molar-refractivity contribution is -0.114. The number of guanidine groups is 1. The molecule has 1 amide bonds. The molecule has 0 heterocycles. The molecular formula is C20H26ClIN4O2. The summed E-state index contributed by atoms with van der Waals surface area (Å²) in [5, 5.41) is 9.98. The Morgan fingerprint density at radius 2 is 1.93 bits per heavy atom. The van der Waals surface area contributed by atoms with Gasteiger partial charge in [0.15, 0.2) is 5.96 Å². The predicted molar refractivity (Wildman–Crippen MR) is 126 cm³/mol. The number of carbonyl (C=O) groups excluding carboxylic acids is 1. The molecule has 0 aliphatic rings. The van der Waals surface area contributed by atoms with Crippen molar-refractivity contribution in [2.24, 2.45) is 4.99 Å². The van der Waals surface area contributed by atoms with Gasteiger partial charge in [-0.1, -0.05) is 35.9 Å². The SMILES string of the molecule is CCNC(=NCc1ccc(OC)c(NC(C)=O)c1)NCc1ccccc1Cl.I. The molecular weight excluding hydrogens is 491 g/mol. The number of halogens is 2. The number of carbonyl (C=O) groups is 1. The van der Waals surface area contributed by atoms with Crippen LogP contribution in [0.1, 0.15) is 25.0 Å². The van der Waals surface area contributed by atoms with E-state index in [1.165, 1.54) is 6.92 Å². The van der Waals surface area contributed by atoms with Crippen LogP contribution in [0.2, 0.25) is 5.02 Å². The molecule has 0 unspecified atom stereocenters. The molecule has 0 saturated heterocycles. The summed E-state index contributed by atoms with van der Waals surface area (Å²) in [7, 11) is 1.57. The van der Waals surface area contributed by atoms with Gasteiger partial charge < -0.3 is 20.7 Å². The quantitative estimate of drug-likeness (QED) is 0.293. The normalized spacial score (nSPS) is 10.6. The number of amides is 1. The molecule has 2 aromatic rings. The maximum atomic E-state index is 11.4. The van der Waals surface area contributed by atoms with Crippen molar-refractivity contribution in [2.45, 2.75) is 26.9 Å². The molecule has 0 radical (unpaired) electrons. The van der Waals surface area contributed by atoms with Crippen LogP contribution in [0, 0.1) is 0 Å². The number of aliphatic imine (C=N–C) groups is 1. The van der Waals surface area contributed by atoms with Gasteiger partial charge in [0.1, 0.15) is 5.75 Å². The highest BCUT2D eigenvalue weighted by Gasteiger charge is 2.07. The van der Waals surface area contributed by atoms with E-state index in [4.69, 9.17) is 16.3 Å². The third-order valence-electron chi connectivity index (χ3n) is 3.74. The van der Waals surface area contributed by atoms with Crippen LogP contribution in [-0.4, -0.2) is 25.5 Å². The summed E-state index contributed by atoms with van der Waals surface area (Å²) >= 11 is 6.20. The van der Waals surface area contributed by atoms with Crippen molar-refractivity contribution in [3.05, 3.63) is 58.6 Å². The first-order valence-electron chi connectivity index (χ1n) is 8.73. The van der Waals surface area contributed by atoms with Crippen molar-refractivity contribution in [1.29, 1.82) is 0 Å². The molecule has 0 atom stereocenters. The van der Waals surface area contributed by atoms with Crippen LogP contribution >= 0.6 is 35.6 Å². The molecule has 0 aromatic heterocycles. The van der Waals surface area contributed by atoms with Gasteiger partial charge in [-0.25, -0.2) is 4.99 Å². The Bertz CT molecular complexity index is 815. The van der Waals surface area contributed by atoms with Crippen LogP contribution in [0.4, 0.5) is 5.69 Å². The van der Waals surface area contributed by atoms with Crippen molar-refractivity contribution in [3.63, 3.8) is 0 Å². The fourth-order valence-electron chi connectivity index (χ4n) is 2.47. The molecule has 152 valence electrons. The monoisotopic (exact) mass is 516 g/mol. The van der Waals surface area contributed by atoms with Gasteiger partial charge in [-0.15, -0.1) is 24.0 Å². The zero-order valence-electron chi connectivity index (χ0n) is 16.2. The third-order valence-corrected chi connectivity index (χ3v) is 4.11. The highest BCUT2D eigenvalue weighted by atomic mass is 127. The smallest absolute Gasteiger partial charge is 0.221 e. The Balaban J connectivity index is 0.00000392. The minimum atomic E-state index is -0.149. The molecule has 8 heteroatoms. The molecule has 0 saturated carbocycles. The zero-order chi connectivity index (χ0) is 19.6. The Morgan fingerprint density at radius 3 is 2.57 bits per heavy atom. The summed E-state index contributed by atoms with van der Waals surface area (Å²) in [6.45, 7) is 5.24. The van der Waals surface area contributed by atoms with E-state index >= 15 is 0 Å². The van der Waals surface area contributed by atoms with Crippen LogP contribution in [0.15, 0.2) is 47.5 Å². The van der Waals surface area contributed by atoms with Crippen LogP contribution in [0.5, 0.6) is 5.75 Å². The van der Waals surface area contributed by atoms with Crippen LogP contribution in [0.25, 0.3) is 0 Å². The van der Waals surface area contributed by atoms with Gasteiger partial charge in [0, 0.05) is 25.0 Å². The number of benzene rings is 2. The van der Waals surface area contributed by atoms with Crippen LogP contribution in [0.3, 0.4) is 0 Å². The standard InChI is InChI=1S/C20H25ClN4O2.HI/c1-4-22-20(24-13-16-7-5-6-8-17(16)21)23-12-15-9-10-19(27-3)18(11-15)25-14(2)26;/h5-11H,4,12-13H2,1-3H3,(H,25,26)(H2,22,23,24);1H. The minimum Gasteiger partial charge on any atom is -0.495 e. The average molecular weight is 517 g/mol. The number of anilines is 1. The second-order valence-corrected chi connectivity index (χ2v) is 6.26. The zero-order valence-corrected chi connectivity index (χ0v) is 19.3. The molecule has 2 rings (SSSR count). The van der Waals surface area contributed by atoms with Gasteiger partial charge in [-0.05, 0) is 36.2 Å². The molecule has 0 bridgehead atoms. The van der Waals surface area contributed by atoms with E-state index in [9.17, 15) is 4.79 Å². The van der Waals surface area contributed by atoms with E-state index in [2.05, 4.69) is 20.9 Å². The van der Waals surface area contributed by atoms with Crippen LogP contribution < -0.4 is 20.7 Å². The molecule has 0 aliphatic heterocycles. The molecule has 2 aromatic carbocycles. The maximum Gasteiger partial charge on any atom is 0.221 e. The Labute approximate surface area is 188 Å². The topological polar surface area (TPSA) is 74.8 Å². The van der Waals surface area contributed by atoms with Gasteiger partial charge >= 0.3 is 0 Å². The average Bonchev–Trinajstić information content (AvgIpc) is 2.65. The van der Waals surface area contributed by atoms with Gasteiger partial charge in [0.05, 0.1) is 19.3 Å². The Morgan fingerprint density at radius 1 is 1.18 bits per heavy atom. The number of rotatable bonds is 7. The highest BCUT2D eigenvalue weighted by Crippen LogP contribution is 2.25. The Kier molecular flexibility index (Phi) is 10.7. The molecule has 0 spiro atoms. The summed E-state index contributed by atoms with van der Waals surface area (Å²) < 4.78 is 5.28. The lowest BCUT2D eigenvalue weighted by Gasteiger charge is -2.13. The van der Waals surface area contributed by atoms with Crippen molar-refractivity contribution < 1.29 is 9.53 Å². The predicted octanol–water partition coefficient (Wildman–Crippen LogP) is 4.18. The highest BCUT2D eigenvalue weighted by molar-refractivity contribution is 14.0. The van der Waals surface area contributed by atoms with Crippen molar-refractivity contribution in [1.82, 2.24) is 10.6 Å². The summed E-state index contributed by atoms with van der Waals surface area (Å²) in [6, 6.07) is 13.3. The lowest BCUT2D eigenvalue weighted by atomic mass is 10.2. The molecule has 3 N–H and O–H groups in total. The first kappa shape index (κ1) is 24.0. The molecule has 28 heavy (non-hydrogen) atoms. The maximum absolute atomic E-state index is 11.4. The number of methoxy groups -OCH3 is 1. The van der Waals surface area contributed by atoms with Crippen molar-refractivity contribution in [2.75, 3.05) is 19.0 Å². The summed E-state index contributed by atoms with van der Waals surface area (Å²) in [6.07, 6.45) is 0. The van der Waals surface area contributed by atoms with Gasteiger partial charge in [0.2, 0.25) is 5.91 Å². The first-order chi connectivity index (χ1) is 13.0. The van der Waals surface area contributed by atoms with Gasteiger partial charge in [0.25, 0.3) is 0 Å². The minimum absolute atomic E-state index is 0.